The fourth-order valence-electron chi connectivity index (χ4n) is 1.32. The minimum atomic E-state index is -4.73. The lowest BCUT2D eigenvalue weighted by Crippen LogP contribution is -2.27. The summed E-state index contributed by atoms with van der Waals surface area (Å²) >= 11 is 0. The van der Waals surface area contributed by atoms with Crippen molar-refractivity contribution in [1.82, 2.24) is 0 Å². The summed E-state index contributed by atoms with van der Waals surface area (Å²) in [4.78, 5) is 0. The van der Waals surface area contributed by atoms with Crippen LogP contribution < -0.4 is 5.73 Å². The Balaban J connectivity index is 3.13. The van der Waals surface area contributed by atoms with Crippen LogP contribution in [0.4, 0.5) is 13.2 Å². The van der Waals surface area contributed by atoms with Gasteiger partial charge < -0.3 is 21.1 Å². The number of alkyl halides is 3. The Labute approximate surface area is 95.1 Å². The Bertz CT molecular complexity index is 395. The molecule has 0 aromatic heterocycles. The Morgan fingerprint density at radius 2 is 1.82 bits per heavy atom. The summed E-state index contributed by atoms with van der Waals surface area (Å²) in [6, 6.07) is 2.48. The van der Waals surface area contributed by atoms with Crippen molar-refractivity contribution in [2.45, 2.75) is 18.4 Å². The Kier molecular flexibility index (Phi) is 3.97. The van der Waals surface area contributed by atoms with Crippen LogP contribution in [0, 0.1) is 0 Å². The Morgan fingerprint density at radius 3 is 2.29 bits per heavy atom. The molecule has 0 fully saturated rings. The van der Waals surface area contributed by atoms with Crippen molar-refractivity contribution in [2.75, 3.05) is 6.54 Å². The van der Waals surface area contributed by atoms with Crippen LogP contribution in [0.25, 0.3) is 0 Å². The maximum absolute atomic E-state index is 12.4. The SMILES string of the molecule is NCC(O)C(O)c1ccc(O)c(C(F)(F)F)c1. The second-order valence-corrected chi connectivity index (χ2v) is 3.52. The first-order chi connectivity index (χ1) is 7.77. The smallest absolute Gasteiger partial charge is 0.419 e. The molecule has 5 N–H and O–H groups in total. The molecule has 0 saturated heterocycles. The number of benzene rings is 1. The van der Waals surface area contributed by atoms with Crippen molar-refractivity contribution in [1.29, 1.82) is 0 Å². The summed E-state index contributed by atoms with van der Waals surface area (Å²) < 4.78 is 37.3. The zero-order chi connectivity index (χ0) is 13.2. The fourth-order valence-corrected chi connectivity index (χ4v) is 1.32. The van der Waals surface area contributed by atoms with Crippen LogP contribution in [0.2, 0.25) is 0 Å². The van der Waals surface area contributed by atoms with Gasteiger partial charge in [0.15, 0.2) is 0 Å². The molecular formula is C10H12F3NO3. The quantitative estimate of drug-likeness (QED) is 0.639. The maximum atomic E-state index is 12.4. The predicted octanol–water partition coefficient (Wildman–Crippen LogP) is 0.764. The van der Waals surface area contributed by atoms with Gasteiger partial charge in [-0.1, -0.05) is 6.07 Å². The van der Waals surface area contributed by atoms with Crippen molar-refractivity contribution >= 4 is 0 Å². The first-order valence-electron chi connectivity index (χ1n) is 4.73. The summed E-state index contributed by atoms with van der Waals surface area (Å²) in [6.07, 6.45) is -7.62. The number of halogens is 3. The number of hydrogen-bond donors (Lipinski definition) is 4. The molecule has 1 aromatic rings. The predicted molar refractivity (Wildman–Crippen MR) is 53.1 cm³/mol. The maximum Gasteiger partial charge on any atom is 0.419 e. The van der Waals surface area contributed by atoms with Crippen molar-refractivity contribution in [3.8, 4) is 5.75 Å². The first-order valence-corrected chi connectivity index (χ1v) is 4.73. The van der Waals surface area contributed by atoms with E-state index in [4.69, 9.17) is 10.8 Å². The van der Waals surface area contributed by atoms with Gasteiger partial charge in [-0.25, -0.2) is 0 Å². The fraction of sp³-hybridized carbons (Fsp3) is 0.400. The van der Waals surface area contributed by atoms with Crippen LogP contribution in [0.1, 0.15) is 17.2 Å². The summed E-state index contributed by atoms with van der Waals surface area (Å²) in [6.45, 7) is -0.288. The molecule has 1 aromatic carbocycles. The summed E-state index contributed by atoms with van der Waals surface area (Å²) in [7, 11) is 0. The molecule has 2 unspecified atom stereocenters. The number of rotatable bonds is 3. The highest BCUT2D eigenvalue weighted by Crippen LogP contribution is 2.37. The number of hydrogen-bond acceptors (Lipinski definition) is 4. The number of phenolic OH excluding ortho intramolecular Hbond substituents is 1. The highest BCUT2D eigenvalue weighted by molar-refractivity contribution is 5.39. The van der Waals surface area contributed by atoms with Gasteiger partial charge >= 0.3 is 6.18 Å². The largest absolute Gasteiger partial charge is 0.507 e. The molecule has 4 nitrogen and oxygen atoms in total. The zero-order valence-corrected chi connectivity index (χ0v) is 8.65. The second-order valence-electron chi connectivity index (χ2n) is 3.52. The molecule has 1 rings (SSSR count). The standard InChI is InChI=1S/C10H12F3NO3/c11-10(12,13)6-3-5(1-2-7(6)15)9(17)8(16)4-14/h1-3,8-9,15-17H,4,14H2. The van der Waals surface area contributed by atoms with Gasteiger partial charge in [-0.05, 0) is 17.7 Å². The monoisotopic (exact) mass is 251 g/mol. The van der Waals surface area contributed by atoms with Crippen LogP contribution in [0.15, 0.2) is 18.2 Å². The van der Waals surface area contributed by atoms with Crippen LogP contribution in [0.3, 0.4) is 0 Å². The summed E-state index contributed by atoms with van der Waals surface area (Å²) in [5.74, 6) is -0.935. The lowest BCUT2D eigenvalue weighted by Gasteiger charge is -2.18. The lowest BCUT2D eigenvalue weighted by atomic mass is 10.0. The van der Waals surface area contributed by atoms with Gasteiger partial charge in [0, 0.05) is 6.54 Å². The molecule has 0 amide bonds. The summed E-state index contributed by atoms with van der Waals surface area (Å²) in [5, 5.41) is 27.8. The van der Waals surface area contributed by atoms with E-state index in [-0.39, 0.29) is 12.1 Å². The average Bonchev–Trinajstić information content (AvgIpc) is 2.26. The van der Waals surface area contributed by atoms with E-state index < -0.39 is 29.7 Å². The van der Waals surface area contributed by atoms with Crippen molar-refractivity contribution in [2.24, 2.45) is 5.73 Å². The molecule has 0 bridgehead atoms. The van der Waals surface area contributed by atoms with Gasteiger partial charge in [-0.3, -0.25) is 0 Å². The molecule has 17 heavy (non-hydrogen) atoms. The van der Waals surface area contributed by atoms with Gasteiger partial charge in [-0.15, -0.1) is 0 Å². The third-order valence-electron chi connectivity index (χ3n) is 2.27. The van der Waals surface area contributed by atoms with Crippen LogP contribution >= 0.6 is 0 Å². The van der Waals surface area contributed by atoms with Gasteiger partial charge in [0.25, 0.3) is 0 Å². The van der Waals surface area contributed by atoms with E-state index in [1.807, 2.05) is 0 Å². The number of aliphatic hydroxyl groups is 2. The van der Waals surface area contributed by atoms with Gasteiger partial charge in [0.1, 0.15) is 11.9 Å². The molecule has 2 atom stereocenters. The van der Waals surface area contributed by atoms with Crippen molar-refractivity contribution in [3.05, 3.63) is 29.3 Å². The zero-order valence-electron chi connectivity index (χ0n) is 8.65. The van der Waals surface area contributed by atoms with Crippen molar-refractivity contribution < 1.29 is 28.5 Å². The molecule has 0 aliphatic heterocycles. The second kappa shape index (κ2) is 4.91. The number of phenols is 1. The third-order valence-corrected chi connectivity index (χ3v) is 2.27. The minimum Gasteiger partial charge on any atom is -0.507 e. The topological polar surface area (TPSA) is 86.7 Å². The van der Waals surface area contributed by atoms with Gasteiger partial charge in [0.05, 0.1) is 11.7 Å². The number of nitrogens with two attached hydrogens (primary N) is 1. The van der Waals surface area contributed by atoms with E-state index in [1.165, 1.54) is 0 Å². The Hall–Kier alpha value is -1.31. The van der Waals surface area contributed by atoms with Gasteiger partial charge in [0.2, 0.25) is 0 Å². The molecule has 0 aliphatic rings. The highest BCUT2D eigenvalue weighted by atomic mass is 19.4. The van der Waals surface area contributed by atoms with E-state index >= 15 is 0 Å². The summed E-state index contributed by atoms with van der Waals surface area (Å²) in [5.41, 5.74) is 3.66. The normalized spacial score (nSPS) is 15.6. The molecule has 96 valence electrons. The van der Waals surface area contributed by atoms with E-state index in [9.17, 15) is 23.4 Å². The minimum absolute atomic E-state index is 0.159. The molecule has 7 heteroatoms. The number of aromatic hydroxyl groups is 1. The molecule has 0 spiro atoms. The molecule has 0 aliphatic carbocycles. The number of aliphatic hydroxyl groups excluding tert-OH is 2. The van der Waals surface area contributed by atoms with Crippen LogP contribution in [-0.4, -0.2) is 28.0 Å². The molecular weight excluding hydrogens is 239 g/mol. The molecule has 0 saturated carbocycles. The third kappa shape index (κ3) is 3.09. The van der Waals surface area contributed by atoms with E-state index in [0.717, 1.165) is 12.1 Å². The molecule has 0 heterocycles. The molecule has 0 radical (unpaired) electrons. The lowest BCUT2D eigenvalue weighted by molar-refractivity contribution is -0.138. The van der Waals surface area contributed by atoms with Crippen LogP contribution in [-0.2, 0) is 6.18 Å². The highest BCUT2D eigenvalue weighted by Gasteiger charge is 2.34. The van der Waals surface area contributed by atoms with Gasteiger partial charge in [-0.2, -0.15) is 13.2 Å². The van der Waals surface area contributed by atoms with E-state index in [1.54, 1.807) is 0 Å². The van der Waals surface area contributed by atoms with E-state index in [0.29, 0.717) is 6.07 Å². The van der Waals surface area contributed by atoms with Crippen LogP contribution in [0.5, 0.6) is 5.75 Å². The Morgan fingerprint density at radius 1 is 1.24 bits per heavy atom. The van der Waals surface area contributed by atoms with Crippen molar-refractivity contribution in [3.63, 3.8) is 0 Å². The average molecular weight is 251 g/mol. The first kappa shape index (κ1) is 13.8. The van der Waals surface area contributed by atoms with E-state index in [2.05, 4.69) is 0 Å².